The molecule has 2 heterocycles. The van der Waals surface area contributed by atoms with Crippen molar-refractivity contribution in [3.63, 3.8) is 0 Å². The maximum Gasteiger partial charge on any atom is 0.322 e. The highest BCUT2D eigenvalue weighted by Gasteiger charge is 2.20. The molecule has 2 aromatic heterocycles. The van der Waals surface area contributed by atoms with Crippen LogP contribution in [-0.4, -0.2) is 54.3 Å². The molecular weight excluding hydrogens is 593 g/mol. The van der Waals surface area contributed by atoms with Crippen LogP contribution in [0.4, 0.5) is 0 Å². The number of benzene rings is 3. The molecule has 3 N–H and O–H groups in total. The molecule has 0 saturated carbocycles. The van der Waals surface area contributed by atoms with E-state index < -0.39 is 18.4 Å². The number of ether oxygens (including phenoxy) is 3. The maximum atomic E-state index is 11.8. The van der Waals surface area contributed by atoms with Crippen molar-refractivity contribution in [1.82, 2.24) is 15.3 Å². The van der Waals surface area contributed by atoms with Crippen LogP contribution >= 0.6 is 23.2 Å². The number of H-pyrrole nitrogens is 1. The van der Waals surface area contributed by atoms with E-state index in [-0.39, 0.29) is 15.6 Å². The number of hydrogen-bond acceptors (Lipinski definition) is 6. The minimum absolute atomic E-state index is 0.0756. The van der Waals surface area contributed by atoms with Crippen LogP contribution in [0.5, 0.6) is 11.5 Å². The fraction of sp³-hybridized carbons (Fsp3) is 0.219. The van der Waals surface area contributed by atoms with Gasteiger partial charge in [-0.2, -0.15) is 0 Å². The Labute approximate surface area is 258 Å². The van der Waals surface area contributed by atoms with Crippen LogP contribution in [0.3, 0.4) is 0 Å². The summed E-state index contributed by atoms with van der Waals surface area (Å²) >= 11 is 12.0. The van der Waals surface area contributed by atoms with Crippen LogP contribution in [-0.2, 0) is 16.1 Å². The predicted molar refractivity (Wildman–Crippen MR) is 169 cm³/mol. The summed E-state index contributed by atoms with van der Waals surface area (Å²) in [4.78, 5) is 29.7. The van der Waals surface area contributed by atoms with E-state index in [4.69, 9.17) is 42.5 Å². The molecule has 5 aromatic rings. The number of carboxylic acids is 1. The van der Waals surface area contributed by atoms with Crippen molar-refractivity contribution in [3.8, 4) is 22.6 Å². The number of carboxylic acid groups (broad SMARTS) is 1. The number of nitrogens with one attached hydrogen (secondary N) is 2. The molecular formula is C32H31Cl2N3O6. The van der Waals surface area contributed by atoms with Crippen molar-refractivity contribution in [2.24, 2.45) is 0 Å². The molecule has 9 nitrogen and oxygen atoms in total. The Bertz CT molecular complexity index is 1760. The van der Waals surface area contributed by atoms with Gasteiger partial charge >= 0.3 is 5.97 Å². The summed E-state index contributed by atoms with van der Waals surface area (Å²) < 4.78 is 16.9. The highest BCUT2D eigenvalue weighted by atomic mass is 35.5. The molecule has 43 heavy (non-hydrogen) atoms. The van der Waals surface area contributed by atoms with Crippen LogP contribution in [0.1, 0.15) is 28.4 Å². The molecule has 0 atom stereocenters. The topological polar surface area (TPSA) is 123 Å². The molecule has 0 radical (unpaired) electrons. The van der Waals surface area contributed by atoms with Gasteiger partial charge in [-0.1, -0.05) is 41.4 Å². The number of methoxy groups -OCH3 is 2. The summed E-state index contributed by atoms with van der Waals surface area (Å²) in [5, 5.41) is 12.9. The Hall–Kier alpha value is -4.31. The molecule has 0 spiro atoms. The highest BCUT2D eigenvalue weighted by Crippen LogP contribution is 2.42. The van der Waals surface area contributed by atoms with Crippen molar-refractivity contribution >= 4 is 56.9 Å². The largest absolute Gasteiger partial charge is 0.496 e. The first kappa shape index (κ1) is 31.6. The number of pyridine rings is 1. The molecule has 0 aliphatic carbocycles. The summed E-state index contributed by atoms with van der Waals surface area (Å²) in [6.45, 7) is 4.77. The average molecular weight is 625 g/mol. The lowest BCUT2D eigenvalue weighted by atomic mass is 9.96. The summed E-state index contributed by atoms with van der Waals surface area (Å²) in [5.41, 5.74) is 5.84. The van der Waals surface area contributed by atoms with Gasteiger partial charge < -0.3 is 29.6 Å². The molecule has 0 aliphatic heterocycles. The first-order chi connectivity index (χ1) is 20.7. The van der Waals surface area contributed by atoms with Gasteiger partial charge in [0.05, 0.1) is 47.5 Å². The van der Waals surface area contributed by atoms with Gasteiger partial charge in [0.25, 0.3) is 5.91 Å². The second-order valence-corrected chi connectivity index (χ2v) is 10.2. The second-order valence-electron chi connectivity index (χ2n) is 9.40. The van der Waals surface area contributed by atoms with Crippen LogP contribution in [0, 0.1) is 6.92 Å². The molecule has 3 aromatic carbocycles. The number of carbonyl (C=O) groups excluding carboxylic acids is 1. The van der Waals surface area contributed by atoms with Gasteiger partial charge in [-0.3, -0.25) is 14.6 Å². The molecule has 0 fully saturated rings. The summed E-state index contributed by atoms with van der Waals surface area (Å²) in [5.74, 6) is -0.247. The predicted octanol–water partition coefficient (Wildman–Crippen LogP) is 7.05. The molecule has 0 saturated heterocycles. The minimum atomic E-state index is -1.14. The van der Waals surface area contributed by atoms with E-state index in [0.29, 0.717) is 24.1 Å². The number of aromatic amines is 1. The van der Waals surface area contributed by atoms with E-state index in [1.165, 1.54) is 5.56 Å². The van der Waals surface area contributed by atoms with Crippen LogP contribution < -0.4 is 14.8 Å². The Morgan fingerprint density at radius 1 is 1.02 bits per heavy atom. The van der Waals surface area contributed by atoms with E-state index in [1.54, 1.807) is 32.5 Å². The number of carbonyl (C=O) groups is 2. The van der Waals surface area contributed by atoms with Crippen molar-refractivity contribution in [1.29, 1.82) is 0 Å². The number of halogens is 2. The average Bonchev–Trinajstić information content (AvgIpc) is 3.48. The normalized spacial score (nSPS) is 10.7. The quantitative estimate of drug-likeness (QED) is 0.161. The lowest BCUT2D eigenvalue weighted by Crippen LogP contribution is -2.29. The first-order valence-corrected chi connectivity index (χ1v) is 14.1. The standard InChI is InChI=1S/C21H23NO3.C11H8Cl2N2O3/c1-5-25-13-15-11-18(23-3)20(19(12-15)24-4)17-9-8-14(2)16-7-6-10-22-21(16)17;12-6-3-7-5(1-2-14-7)10(13)9(6)11(18)15-4-8(16)17/h6-12H,5,13H2,1-4H3;1-3,14H,4H2,(H,15,18)(H,16,17). The summed E-state index contributed by atoms with van der Waals surface area (Å²) in [7, 11) is 3.35. The monoisotopic (exact) mass is 623 g/mol. The van der Waals surface area contributed by atoms with E-state index in [9.17, 15) is 9.59 Å². The number of rotatable bonds is 9. The van der Waals surface area contributed by atoms with Crippen molar-refractivity contribution in [2.75, 3.05) is 27.4 Å². The van der Waals surface area contributed by atoms with Crippen molar-refractivity contribution in [3.05, 3.63) is 87.7 Å². The Morgan fingerprint density at radius 3 is 2.40 bits per heavy atom. The number of fused-ring (bicyclic) bond motifs is 2. The Kier molecular flexibility index (Phi) is 10.5. The third-order valence-corrected chi connectivity index (χ3v) is 7.36. The molecule has 0 unspecified atom stereocenters. The fourth-order valence-corrected chi connectivity index (χ4v) is 5.33. The van der Waals surface area contributed by atoms with E-state index in [0.717, 1.165) is 39.1 Å². The fourth-order valence-electron chi connectivity index (χ4n) is 4.64. The molecule has 5 rings (SSSR count). The zero-order valence-electron chi connectivity index (χ0n) is 24.1. The lowest BCUT2D eigenvalue weighted by Gasteiger charge is -2.17. The van der Waals surface area contributed by atoms with E-state index in [2.05, 4.69) is 40.4 Å². The zero-order chi connectivity index (χ0) is 31.1. The molecule has 0 aliphatic rings. The van der Waals surface area contributed by atoms with Gasteiger partial charge in [0.1, 0.15) is 18.0 Å². The van der Waals surface area contributed by atoms with Crippen LogP contribution in [0.25, 0.3) is 32.9 Å². The number of nitrogens with zero attached hydrogens (tertiary/aromatic N) is 1. The van der Waals surface area contributed by atoms with Gasteiger partial charge in [0.2, 0.25) is 0 Å². The first-order valence-electron chi connectivity index (χ1n) is 13.3. The van der Waals surface area contributed by atoms with Crippen molar-refractivity contribution < 1.29 is 28.9 Å². The second kappa shape index (κ2) is 14.2. The number of hydrogen-bond donors (Lipinski definition) is 3. The molecule has 1 amide bonds. The molecule has 0 bridgehead atoms. The molecule has 11 heteroatoms. The van der Waals surface area contributed by atoms with Gasteiger partial charge in [0.15, 0.2) is 0 Å². The van der Waals surface area contributed by atoms with Gasteiger partial charge in [-0.05, 0) is 55.3 Å². The minimum Gasteiger partial charge on any atom is -0.496 e. The highest BCUT2D eigenvalue weighted by molar-refractivity contribution is 6.43. The number of aliphatic carboxylic acids is 1. The SMILES string of the molecule is CCOCc1cc(OC)c(-c2ccc(C)c3cccnc23)c(OC)c1.O=C(O)CNC(=O)c1c(Cl)cc2[nH]ccc2c1Cl. The number of aryl methyl sites for hydroxylation is 1. The Balaban J connectivity index is 0.000000208. The van der Waals surface area contributed by atoms with E-state index >= 15 is 0 Å². The number of aromatic nitrogens is 2. The summed E-state index contributed by atoms with van der Waals surface area (Å²) in [6, 6.07) is 15.5. The third-order valence-electron chi connectivity index (χ3n) is 6.67. The van der Waals surface area contributed by atoms with Gasteiger partial charge in [0, 0.05) is 40.9 Å². The van der Waals surface area contributed by atoms with Crippen molar-refractivity contribution in [2.45, 2.75) is 20.5 Å². The third kappa shape index (κ3) is 7.02. The van der Waals surface area contributed by atoms with E-state index in [1.807, 2.05) is 31.3 Å². The smallest absolute Gasteiger partial charge is 0.322 e. The summed E-state index contributed by atoms with van der Waals surface area (Å²) in [6.07, 6.45) is 3.49. The number of amides is 1. The maximum absolute atomic E-state index is 11.8. The van der Waals surface area contributed by atoms with Crippen LogP contribution in [0.15, 0.2) is 60.9 Å². The Morgan fingerprint density at radius 2 is 1.74 bits per heavy atom. The van der Waals surface area contributed by atoms with Gasteiger partial charge in [-0.25, -0.2) is 0 Å². The lowest BCUT2D eigenvalue weighted by molar-refractivity contribution is -0.135. The zero-order valence-corrected chi connectivity index (χ0v) is 25.6. The molecule has 224 valence electrons. The van der Waals surface area contributed by atoms with Gasteiger partial charge in [-0.15, -0.1) is 0 Å². The van der Waals surface area contributed by atoms with Crippen LogP contribution in [0.2, 0.25) is 10.0 Å².